The molecule has 0 aromatic heterocycles. The molecule has 128 valence electrons. The van der Waals surface area contributed by atoms with E-state index in [0.29, 0.717) is 23.0 Å². The molecule has 2 aromatic carbocycles. The minimum Gasteiger partial charge on any atom is -0.366 e. The van der Waals surface area contributed by atoms with Crippen LogP contribution in [0.3, 0.4) is 0 Å². The monoisotopic (exact) mass is 326 g/mol. The van der Waals surface area contributed by atoms with Gasteiger partial charge in [-0.15, -0.1) is 0 Å². The standard InChI is InChI=1S/2C10H13NO/c1-7(2)8-3-5-9(6-4-8)10(11)12;1-7(2)8-4-3-5-9(6-8)10(11)12/h2*3-7H,1-2H3,(H2,11,12). The van der Waals surface area contributed by atoms with E-state index in [1.807, 2.05) is 30.3 Å². The Kier molecular flexibility index (Phi) is 7.18. The smallest absolute Gasteiger partial charge is 0.248 e. The average molecular weight is 326 g/mol. The molecule has 0 spiro atoms. The predicted molar refractivity (Wildman–Crippen MR) is 98.1 cm³/mol. The first-order valence-electron chi connectivity index (χ1n) is 8.02. The van der Waals surface area contributed by atoms with Crippen LogP contribution in [-0.4, -0.2) is 11.8 Å². The van der Waals surface area contributed by atoms with Crippen molar-refractivity contribution in [2.45, 2.75) is 39.5 Å². The lowest BCUT2D eigenvalue weighted by molar-refractivity contribution is 0.0992. The lowest BCUT2D eigenvalue weighted by atomic mass is 10.0. The van der Waals surface area contributed by atoms with Crippen LogP contribution in [0.15, 0.2) is 48.5 Å². The zero-order chi connectivity index (χ0) is 18.3. The largest absolute Gasteiger partial charge is 0.366 e. The molecule has 0 atom stereocenters. The van der Waals surface area contributed by atoms with Crippen LogP contribution in [0.25, 0.3) is 0 Å². The van der Waals surface area contributed by atoms with Crippen molar-refractivity contribution < 1.29 is 9.59 Å². The van der Waals surface area contributed by atoms with E-state index in [1.54, 1.807) is 18.2 Å². The van der Waals surface area contributed by atoms with Gasteiger partial charge in [0.15, 0.2) is 0 Å². The third-order valence-corrected chi connectivity index (χ3v) is 3.70. The van der Waals surface area contributed by atoms with Crippen molar-refractivity contribution >= 4 is 11.8 Å². The molecule has 0 aliphatic rings. The number of carbonyl (C=O) groups is 2. The molecule has 0 radical (unpaired) electrons. The van der Waals surface area contributed by atoms with E-state index >= 15 is 0 Å². The third kappa shape index (κ3) is 5.88. The van der Waals surface area contributed by atoms with Gasteiger partial charge in [0, 0.05) is 11.1 Å². The van der Waals surface area contributed by atoms with E-state index in [1.165, 1.54) is 5.56 Å². The van der Waals surface area contributed by atoms with E-state index in [-0.39, 0.29) is 11.8 Å². The van der Waals surface area contributed by atoms with Gasteiger partial charge in [-0.1, -0.05) is 52.0 Å². The summed E-state index contributed by atoms with van der Waals surface area (Å²) in [5, 5.41) is 0. The van der Waals surface area contributed by atoms with Gasteiger partial charge in [0.1, 0.15) is 0 Å². The SMILES string of the molecule is CC(C)c1ccc(C(N)=O)cc1.CC(C)c1cccc(C(N)=O)c1. The third-order valence-electron chi connectivity index (χ3n) is 3.70. The highest BCUT2D eigenvalue weighted by molar-refractivity contribution is 5.93. The highest BCUT2D eigenvalue weighted by Gasteiger charge is 2.03. The molecule has 4 nitrogen and oxygen atoms in total. The Morgan fingerprint density at radius 2 is 1.21 bits per heavy atom. The molecular weight excluding hydrogens is 300 g/mol. The Morgan fingerprint density at radius 1 is 0.708 bits per heavy atom. The van der Waals surface area contributed by atoms with Crippen LogP contribution in [0.5, 0.6) is 0 Å². The molecule has 0 fully saturated rings. The first kappa shape index (κ1) is 19.4. The number of carbonyl (C=O) groups excluding carboxylic acids is 2. The molecular formula is C20H26N2O2. The zero-order valence-corrected chi connectivity index (χ0v) is 14.7. The second-order valence-electron chi connectivity index (χ2n) is 6.29. The summed E-state index contributed by atoms with van der Waals surface area (Å²) in [6.07, 6.45) is 0. The summed E-state index contributed by atoms with van der Waals surface area (Å²) in [6.45, 7) is 8.39. The molecule has 0 aliphatic heterocycles. The summed E-state index contributed by atoms with van der Waals surface area (Å²) in [4.78, 5) is 21.5. The highest BCUT2D eigenvalue weighted by Crippen LogP contribution is 2.15. The number of primary amides is 2. The molecule has 2 aromatic rings. The Hall–Kier alpha value is -2.62. The number of benzene rings is 2. The summed E-state index contributed by atoms with van der Waals surface area (Å²) in [6, 6.07) is 14.8. The van der Waals surface area contributed by atoms with Gasteiger partial charge in [0.05, 0.1) is 0 Å². The van der Waals surface area contributed by atoms with Gasteiger partial charge >= 0.3 is 0 Å². The molecule has 4 heteroatoms. The number of rotatable bonds is 4. The van der Waals surface area contributed by atoms with Crippen molar-refractivity contribution in [2.75, 3.05) is 0 Å². The number of amides is 2. The van der Waals surface area contributed by atoms with Crippen LogP contribution < -0.4 is 11.5 Å². The van der Waals surface area contributed by atoms with E-state index in [4.69, 9.17) is 11.5 Å². The van der Waals surface area contributed by atoms with Gasteiger partial charge in [-0.3, -0.25) is 9.59 Å². The summed E-state index contributed by atoms with van der Waals surface area (Å²) in [5.74, 6) is 0.194. The summed E-state index contributed by atoms with van der Waals surface area (Å²) in [7, 11) is 0. The topological polar surface area (TPSA) is 86.2 Å². The van der Waals surface area contributed by atoms with Gasteiger partial charge in [0.2, 0.25) is 11.8 Å². The van der Waals surface area contributed by atoms with Crippen molar-refractivity contribution in [3.8, 4) is 0 Å². The van der Waals surface area contributed by atoms with Gasteiger partial charge in [-0.25, -0.2) is 0 Å². The summed E-state index contributed by atoms with van der Waals surface area (Å²) < 4.78 is 0. The predicted octanol–water partition coefficient (Wildman–Crippen LogP) is 3.82. The first-order chi connectivity index (χ1) is 11.2. The Morgan fingerprint density at radius 3 is 1.62 bits per heavy atom. The molecule has 2 amide bonds. The Bertz CT molecular complexity index is 689. The van der Waals surface area contributed by atoms with Crippen molar-refractivity contribution in [3.63, 3.8) is 0 Å². The van der Waals surface area contributed by atoms with Crippen LogP contribution in [0.1, 0.15) is 71.4 Å². The van der Waals surface area contributed by atoms with Gasteiger partial charge in [-0.05, 0) is 47.2 Å². The van der Waals surface area contributed by atoms with Crippen LogP contribution in [0.2, 0.25) is 0 Å². The molecule has 0 heterocycles. The van der Waals surface area contributed by atoms with Crippen LogP contribution in [0.4, 0.5) is 0 Å². The summed E-state index contributed by atoms with van der Waals surface area (Å²) >= 11 is 0. The van der Waals surface area contributed by atoms with E-state index < -0.39 is 0 Å². The Labute approximate surface area is 143 Å². The van der Waals surface area contributed by atoms with Gasteiger partial charge in [0.25, 0.3) is 0 Å². The fraction of sp³-hybridized carbons (Fsp3) is 0.300. The van der Waals surface area contributed by atoms with Crippen LogP contribution in [-0.2, 0) is 0 Å². The molecule has 0 bridgehead atoms. The van der Waals surface area contributed by atoms with E-state index in [2.05, 4.69) is 27.7 Å². The minimum atomic E-state index is -0.370. The highest BCUT2D eigenvalue weighted by atomic mass is 16.1. The minimum absolute atomic E-state index is 0.363. The van der Waals surface area contributed by atoms with Crippen molar-refractivity contribution in [1.82, 2.24) is 0 Å². The van der Waals surface area contributed by atoms with E-state index in [0.717, 1.165) is 5.56 Å². The summed E-state index contributed by atoms with van der Waals surface area (Å²) in [5.41, 5.74) is 13.8. The van der Waals surface area contributed by atoms with E-state index in [9.17, 15) is 9.59 Å². The number of hydrogen-bond donors (Lipinski definition) is 2. The molecule has 0 aliphatic carbocycles. The normalized spacial score (nSPS) is 10.2. The molecule has 0 unspecified atom stereocenters. The van der Waals surface area contributed by atoms with Gasteiger partial charge in [-0.2, -0.15) is 0 Å². The number of hydrogen-bond acceptors (Lipinski definition) is 2. The Balaban J connectivity index is 0.000000240. The van der Waals surface area contributed by atoms with Gasteiger partial charge < -0.3 is 11.5 Å². The second kappa shape index (κ2) is 8.87. The maximum Gasteiger partial charge on any atom is 0.248 e. The molecule has 4 N–H and O–H groups in total. The molecule has 2 rings (SSSR count). The first-order valence-corrected chi connectivity index (χ1v) is 8.02. The molecule has 0 saturated heterocycles. The molecule has 0 saturated carbocycles. The second-order valence-corrected chi connectivity index (χ2v) is 6.29. The van der Waals surface area contributed by atoms with Crippen molar-refractivity contribution in [2.24, 2.45) is 11.5 Å². The maximum absolute atomic E-state index is 10.8. The van der Waals surface area contributed by atoms with Crippen molar-refractivity contribution in [3.05, 3.63) is 70.8 Å². The quantitative estimate of drug-likeness (QED) is 0.895. The van der Waals surface area contributed by atoms with Crippen LogP contribution >= 0.6 is 0 Å². The molecule has 24 heavy (non-hydrogen) atoms. The fourth-order valence-corrected chi connectivity index (χ4v) is 2.08. The lowest BCUT2D eigenvalue weighted by Gasteiger charge is -2.05. The van der Waals surface area contributed by atoms with Crippen molar-refractivity contribution in [1.29, 1.82) is 0 Å². The maximum atomic E-state index is 10.8. The fourth-order valence-electron chi connectivity index (χ4n) is 2.08. The number of nitrogens with two attached hydrogens (primary N) is 2. The zero-order valence-electron chi connectivity index (χ0n) is 14.7. The average Bonchev–Trinajstić information content (AvgIpc) is 2.55. The lowest BCUT2D eigenvalue weighted by Crippen LogP contribution is -2.11. The van der Waals surface area contributed by atoms with Crippen LogP contribution in [0, 0.1) is 0 Å².